The Labute approximate surface area is 109 Å². The Morgan fingerprint density at radius 3 is 2.24 bits per heavy atom. The van der Waals surface area contributed by atoms with Gasteiger partial charge in [-0.15, -0.1) is 0 Å². The topological polar surface area (TPSA) is 6.25 Å². The van der Waals surface area contributed by atoms with Gasteiger partial charge in [0.05, 0.1) is 13.1 Å². The van der Waals surface area contributed by atoms with Crippen LogP contribution in [0.15, 0.2) is 41.1 Å². The Morgan fingerprint density at radius 2 is 1.59 bits per heavy atom. The molecule has 1 aliphatic rings. The van der Waals surface area contributed by atoms with Crippen LogP contribution in [0.25, 0.3) is 0 Å². The maximum atomic E-state index is 2.49. The Morgan fingerprint density at radius 1 is 0.941 bits per heavy atom. The number of anilines is 1. The maximum Gasteiger partial charge on any atom is 0.313 e. The highest BCUT2D eigenvalue weighted by Gasteiger charge is 2.19. The Hall–Kier alpha value is -1.13. The van der Waals surface area contributed by atoms with Crippen LogP contribution >= 0.6 is 22.7 Å². The summed E-state index contributed by atoms with van der Waals surface area (Å²) >= 11 is 3.70. The molecular formula is C13H15N2S2+. The van der Waals surface area contributed by atoms with E-state index in [1.165, 1.54) is 9.67 Å². The van der Waals surface area contributed by atoms with Gasteiger partial charge < -0.3 is 4.90 Å². The zero-order valence-electron chi connectivity index (χ0n) is 9.58. The van der Waals surface area contributed by atoms with E-state index < -0.39 is 0 Å². The van der Waals surface area contributed by atoms with E-state index in [0.717, 1.165) is 26.2 Å². The number of rotatable bonds is 1. The first-order valence-electron chi connectivity index (χ1n) is 5.84. The number of hydrogen-bond donors (Lipinski definition) is 0. The third kappa shape index (κ3) is 2.42. The zero-order valence-corrected chi connectivity index (χ0v) is 11.2. The number of nitrogens with zero attached hydrogens (tertiary/aromatic N) is 2. The lowest BCUT2D eigenvalue weighted by atomic mass is 10.2. The first-order valence-corrected chi connectivity index (χ1v) is 7.60. The highest BCUT2D eigenvalue weighted by molar-refractivity contribution is 7.24. The van der Waals surface area contributed by atoms with E-state index in [1.54, 1.807) is 0 Å². The van der Waals surface area contributed by atoms with Gasteiger partial charge in [0.2, 0.25) is 0 Å². The van der Waals surface area contributed by atoms with Crippen molar-refractivity contribution in [1.82, 2.24) is 4.58 Å². The Bertz CT molecular complexity index is 515. The summed E-state index contributed by atoms with van der Waals surface area (Å²) in [5, 5.41) is 4.34. The third-order valence-electron chi connectivity index (χ3n) is 3.05. The highest BCUT2D eigenvalue weighted by Crippen LogP contribution is 2.13. The number of para-hydroxylation sites is 1. The fraction of sp³-hybridized carbons (Fsp3) is 0.308. The van der Waals surface area contributed by atoms with Gasteiger partial charge in [-0.2, -0.15) is 0 Å². The molecule has 0 radical (unpaired) electrons. The van der Waals surface area contributed by atoms with E-state index >= 15 is 0 Å². The molecule has 0 bridgehead atoms. The fourth-order valence-corrected chi connectivity index (χ4v) is 4.03. The summed E-state index contributed by atoms with van der Waals surface area (Å²) in [5.41, 5.74) is 1.35. The molecule has 0 atom stereocenters. The summed E-state index contributed by atoms with van der Waals surface area (Å²) in [7, 11) is 0. The largest absolute Gasteiger partial charge is 0.359 e. The van der Waals surface area contributed by atoms with Gasteiger partial charge in [-0.25, -0.2) is 4.58 Å². The molecule has 0 spiro atoms. The molecule has 0 unspecified atom stereocenters. The normalized spacial score (nSPS) is 16.2. The molecule has 2 aromatic rings. The van der Waals surface area contributed by atoms with Crippen LogP contribution in [0.2, 0.25) is 0 Å². The minimum atomic E-state index is 1.12. The molecule has 1 saturated heterocycles. The molecule has 0 aliphatic carbocycles. The van der Waals surface area contributed by atoms with Crippen molar-refractivity contribution in [1.29, 1.82) is 0 Å². The summed E-state index contributed by atoms with van der Waals surface area (Å²) in [6, 6.07) is 10.7. The summed E-state index contributed by atoms with van der Waals surface area (Å²) in [6.45, 7) is 4.50. The van der Waals surface area contributed by atoms with Crippen LogP contribution in [0.4, 0.5) is 5.69 Å². The van der Waals surface area contributed by atoms with Gasteiger partial charge in [0.1, 0.15) is 0 Å². The molecule has 1 aromatic heterocycles. The second-order valence-corrected chi connectivity index (χ2v) is 6.13. The average molecular weight is 263 g/mol. The number of hydrogen-bond acceptors (Lipinski definition) is 3. The lowest BCUT2D eigenvalue weighted by Gasteiger charge is -2.26. The van der Waals surface area contributed by atoms with Gasteiger partial charge in [-0.3, -0.25) is 0 Å². The van der Waals surface area contributed by atoms with Crippen molar-refractivity contribution >= 4 is 28.4 Å². The van der Waals surface area contributed by atoms with Gasteiger partial charge in [-0.05, 0) is 12.1 Å². The highest BCUT2D eigenvalue weighted by atomic mass is 32.2. The minimum absolute atomic E-state index is 1.12. The molecule has 1 fully saturated rings. The molecule has 3 rings (SSSR count). The summed E-state index contributed by atoms with van der Waals surface area (Å²) in [5.74, 6) is 0. The van der Waals surface area contributed by atoms with E-state index in [2.05, 4.69) is 50.6 Å². The predicted octanol–water partition coefficient (Wildman–Crippen LogP) is 2.10. The molecule has 0 N–H and O–H groups in total. The van der Waals surface area contributed by atoms with Crippen LogP contribution < -0.4 is 13.5 Å². The molecule has 17 heavy (non-hydrogen) atoms. The first-order chi connectivity index (χ1) is 8.43. The molecule has 2 nitrogen and oxygen atoms in total. The predicted molar refractivity (Wildman–Crippen MR) is 75.9 cm³/mol. The summed E-state index contributed by atoms with van der Waals surface area (Å²) in [4.78, 5) is 2.47. The number of piperazine rings is 1. The van der Waals surface area contributed by atoms with Gasteiger partial charge in [-0.1, -0.05) is 40.9 Å². The van der Waals surface area contributed by atoms with E-state index in [4.69, 9.17) is 0 Å². The Balaban J connectivity index is 1.76. The third-order valence-corrected chi connectivity index (χ3v) is 5.27. The van der Waals surface area contributed by atoms with Crippen molar-refractivity contribution in [2.24, 2.45) is 0 Å². The quantitative estimate of drug-likeness (QED) is 0.714. The molecule has 88 valence electrons. The van der Waals surface area contributed by atoms with Crippen LogP contribution in [-0.4, -0.2) is 26.2 Å². The molecular weight excluding hydrogens is 248 g/mol. The van der Waals surface area contributed by atoms with E-state index in [9.17, 15) is 0 Å². The molecule has 2 heterocycles. The fourth-order valence-electron chi connectivity index (χ4n) is 2.13. The van der Waals surface area contributed by atoms with Crippen molar-refractivity contribution in [3.63, 3.8) is 0 Å². The molecule has 1 aromatic carbocycles. The van der Waals surface area contributed by atoms with Crippen molar-refractivity contribution < 1.29 is 0 Å². The zero-order chi connectivity index (χ0) is 11.5. The van der Waals surface area contributed by atoms with Crippen molar-refractivity contribution in [3.8, 4) is 0 Å². The van der Waals surface area contributed by atoms with E-state index in [1.807, 2.05) is 22.7 Å². The molecule has 0 amide bonds. The minimum Gasteiger partial charge on any atom is -0.359 e. The molecule has 1 aliphatic heterocycles. The monoisotopic (exact) mass is 263 g/mol. The SMILES string of the molecule is c1ccc(N2CC[N+](=c3sccs3)CC2)cc1. The van der Waals surface area contributed by atoms with E-state index in [0.29, 0.717) is 0 Å². The van der Waals surface area contributed by atoms with Crippen LogP contribution in [0, 0.1) is 0 Å². The maximum absolute atomic E-state index is 2.49. The summed E-state index contributed by atoms with van der Waals surface area (Å²) in [6.07, 6.45) is 0. The molecule has 0 saturated carbocycles. The number of benzene rings is 1. The standard InChI is InChI=1S/C13H15N2S2/c1-2-4-12(5-3-1)14-6-8-15(9-7-14)13-16-10-11-17-13/h1-5,10-11H,6-9H2/q+1. The smallest absolute Gasteiger partial charge is 0.313 e. The van der Waals surface area contributed by atoms with Crippen molar-refractivity contribution in [2.75, 3.05) is 31.1 Å². The lowest BCUT2D eigenvalue weighted by molar-refractivity contribution is 0.517. The summed E-state index contributed by atoms with van der Waals surface area (Å²) < 4.78 is 3.94. The van der Waals surface area contributed by atoms with Gasteiger partial charge in [0.25, 0.3) is 0 Å². The average Bonchev–Trinajstić information content (AvgIpc) is 2.94. The Kier molecular flexibility index (Phi) is 3.25. The van der Waals surface area contributed by atoms with Crippen LogP contribution in [0.1, 0.15) is 0 Å². The lowest BCUT2D eigenvalue weighted by Crippen LogP contribution is -2.47. The van der Waals surface area contributed by atoms with Gasteiger partial charge in [0.15, 0.2) is 13.1 Å². The van der Waals surface area contributed by atoms with Gasteiger partial charge in [0, 0.05) is 16.4 Å². The molecule has 4 heteroatoms. The first kappa shape index (κ1) is 11.0. The van der Waals surface area contributed by atoms with Crippen molar-refractivity contribution in [2.45, 2.75) is 0 Å². The van der Waals surface area contributed by atoms with Crippen LogP contribution in [0.3, 0.4) is 0 Å². The van der Waals surface area contributed by atoms with Crippen LogP contribution in [-0.2, 0) is 0 Å². The van der Waals surface area contributed by atoms with Crippen molar-refractivity contribution in [3.05, 3.63) is 45.1 Å². The van der Waals surface area contributed by atoms with E-state index in [-0.39, 0.29) is 0 Å². The second kappa shape index (κ2) is 5.02. The van der Waals surface area contributed by atoms with Crippen LogP contribution in [0.5, 0.6) is 0 Å². The second-order valence-electron chi connectivity index (χ2n) is 4.08. The van der Waals surface area contributed by atoms with Gasteiger partial charge >= 0.3 is 3.98 Å².